The summed E-state index contributed by atoms with van der Waals surface area (Å²) < 4.78 is 18.1. The topological polar surface area (TPSA) is 62.7 Å². The molecule has 0 bridgehead atoms. The van der Waals surface area contributed by atoms with E-state index in [-0.39, 0.29) is 11.1 Å². The molecule has 0 aliphatic rings. The highest BCUT2D eigenvalue weighted by Gasteiger charge is 2.12. The number of thioether (sulfide) groups is 1. The van der Waals surface area contributed by atoms with E-state index in [2.05, 4.69) is 16.3 Å². The number of nitrogens with zero attached hydrogens (tertiary/aromatic N) is 3. The maximum atomic E-state index is 12.7. The molecule has 2 aromatic rings. The van der Waals surface area contributed by atoms with Crippen LogP contribution in [0.25, 0.3) is 11.5 Å². The van der Waals surface area contributed by atoms with Crippen LogP contribution in [0.1, 0.15) is 6.92 Å². The Labute approximate surface area is 101 Å². The Kier molecular flexibility index (Phi) is 3.40. The molecule has 0 aliphatic carbocycles. The van der Waals surface area contributed by atoms with E-state index in [0.29, 0.717) is 16.7 Å². The third-order valence-corrected chi connectivity index (χ3v) is 2.78. The molecule has 0 saturated carbocycles. The van der Waals surface area contributed by atoms with E-state index in [4.69, 9.17) is 9.68 Å². The van der Waals surface area contributed by atoms with E-state index < -0.39 is 0 Å². The van der Waals surface area contributed by atoms with Crippen molar-refractivity contribution in [3.8, 4) is 17.5 Å². The van der Waals surface area contributed by atoms with Gasteiger partial charge in [0.1, 0.15) is 5.82 Å². The number of benzene rings is 1. The fourth-order valence-electron chi connectivity index (χ4n) is 1.14. The van der Waals surface area contributed by atoms with Crippen LogP contribution in [0.15, 0.2) is 33.9 Å². The van der Waals surface area contributed by atoms with Crippen molar-refractivity contribution < 1.29 is 8.81 Å². The summed E-state index contributed by atoms with van der Waals surface area (Å²) in [4.78, 5) is 0. The Morgan fingerprint density at radius 3 is 2.71 bits per heavy atom. The molecule has 6 heteroatoms. The molecule has 0 saturated heterocycles. The summed E-state index contributed by atoms with van der Waals surface area (Å²) in [5, 5.41) is 16.4. The van der Waals surface area contributed by atoms with Gasteiger partial charge in [0.2, 0.25) is 5.89 Å². The van der Waals surface area contributed by atoms with Gasteiger partial charge in [0.25, 0.3) is 5.22 Å². The summed E-state index contributed by atoms with van der Waals surface area (Å²) in [6, 6.07) is 7.82. The molecule has 0 aliphatic heterocycles. The Balaban J connectivity index is 2.18. The van der Waals surface area contributed by atoms with Crippen molar-refractivity contribution in [3.05, 3.63) is 30.1 Å². The molecular weight excluding hydrogens is 241 g/mol. The zero-order chi connectivity index (χ0) is 12.3. The van der Waals surface area contributed by atoms with Gasteiger partial charge >= 0.3 is 0 Å². The zero-order valence-corrected chi connectivity index (χ0v) is 9.74. The molecule has 0 N–H and O–H groups in total. The van der Waals surface area contributed by atoms with Gasteiger partial charge in [-0.2, -0.15) is 5.26 Å². The van der Waals surface area contributed by atoms with Gasteiger partial charge in [-0.3, -0.25) is 0 Å². The molecule has 4 nitrogen and oxygen atoms in total. The van der Waals surface area contributed by atoms with Gasteiger partial charge in [-0.25, -0.2) is 4.39 Å². The summed E-state index contributed by atoms with van der Waals surface area (Å²) >= 11 is 1.19. The minimum Gasteiger partial charge on any atom is -0.411 e. The van der Waals surface area contributed by atoms with Gasteiger partial charge in [0.15, 0.2) is 0 Å². The second-order valence-corrected chi connectivity index (χ2v) is 4.56. The van der Waals surface area contributed by atoms with Crippen molar-refractivity contribution in [1.82, 2.24) is 10.2 Å². The molecular formula is C11H8FN3OS. The molecule has 1 heterocycles. The third kappa shape index (κ3) is 2.82. The van der Waals surface area contributed by atoms with Crippen LogP contribution in [-0.4, -0.2) is 15.4 Å². The number of rotatable bonds is 3. The highest BCUT2D eigenvalue weighted by molar-refractivity contribution is 7.99. The molecule has 86 valence electrons. The van der Waals surface area contributed by atoms with Gasteiger partial charge in [-0.05, 0) is 43.0 Å². The predicted octanol–water partition coefficient (Wildman–Crippen LogP) is 2.88. The number of hydrogen-bond donors (Lipinski definition) is 0. The maximum Gasteiger partial charge on any atom is 0.278 e. The lowest BCUT2D eigenvalue weighted by atomic mass is 10.2. The van der Waals surface area contributed by atoms with E-state index in [9.17, 15) is 4.39 Å². The van der Waals surface area contributed by atoms with Crippen LogP contribution in [0.4, 0.5) is 4.39 Å². The molecule has 1 aromatic carbocycles. The third-order valence-electron chi connectivity index (χ3n) is 1.96. The molecule has 2 rings (SSSR count). The highest BCUT2D eigenvalue weighted by Crippen LogP contribution is 2.25. The minimum atomic E-state index is -0.319. The molecule has 17 heavy (non-hydrogen) atoms. The summed E-state index contributed by atoms with van der Waals surface area (Å²) in [6.07, 6.45) is 0. The lowest BCUT2D eigenvalue weighted by Crippen LogP contribution is -1.88. The molecule has 0 spiro atoms. The smallest absolute Gasteiger partial charge is 0.278 e. The summed E-state index contributed by atoms with van der Waals surface area (Å²) in [6.45, 7) is 1.74. The first-order valence-electron chi connectivity index (χ1n) is 4.85. The SMILES string of the molecule is C[C@H](C#N)Sc1nnc(-c2ccc(F)cc2)o1. The average Bonchev–Trinajstić information content (AvgIpc) is 2.78. The van der Waals surface area contributed by atoms with Gasteiger partial charge in [-0.15, -0.1) is 10.2 Å². The standard InChI is InChI=1S/C11H8FN3OS/c1-7(6-13)17-11-15-14-10(16-11)8-2-4-9(12)5-3-8/h2-5,7H,1H3/t7-/m1/s1. The van der Waals surface area contributed by atoms with Crippen molar-refractivity contribution in [2.45, 2.75) is 17.4 Å². The van der Waals surface area contributed by atoms with Gasteiger partial charge in [0.05, 0.1) is 11.3 Å². The van der Waals surface area contributed by atoms with Crippen LogP contribution >= 0.6 is 11.8 Å². The molecule has 0 unspecified atom stereocenters. The van der Waals surface area contributed by atoms with Crippen LogP contribution in [-0.2, 0) is 0 Å². The fourth-order valence-corrected chi connectivity index (χ4v) is 1.71. The maximum absolute atomic E-state index is 12.7. The van der Waals surface area contributed by atoms with Crippen LogP contribution < -0.4 is 0 Å². The lowest BCUT2D eigenvalue weighted by Gasteiger charge is -1.95. The minimum absolute atomic E-state index is 0.253. The van der Waals surface area contributed by atoms with Crippen LogP contribution in [0.2, 0.25) is 0 Å². The van der Waals surface area contributed by atoms with Crippen molar-refractivity contribution in [3.63, 3.8) is 0 Å². The van der Waals surface area contributed by atoms with E-state index in [1.807, 2.05) is 0 Å². The summed E-state index contributed by atoms with van der Waals surface area (Å²) in [5.41, 5.74) is 0.648. The predicted molar refractivity (Wildman–Crippen MR) is 60.6 cm³/mol. The zero-order valence-electron chi connectivity index (χ0n) is 8.92. The monoisotopic (exact) mass is 249 g/mol. The van der Waals surface area contributed by atoms with Crippen LogP contribution in [0.3, 0.4) is 0 Å². The highest BCUT2D eigenvalue weighted by atomic mass is 32.2. The van der Waals surface area contributed by atoms with E-state index >= 15 is 0 Å². The number of hydrogen-bond acceptors (Lipinski definition) is 5. The second kappa shape index (κ2) is 4.97. The van der Waals surface area contributed by atoms with Crippen molar-refractivity contribution in [2.24, 2.45) is 0 Å². The molecule has 0 radical (unpaired) electrons. The quantitative estimate of drug-likeness (QED) is 0.782. The van der Waals surface area contributed by atoms with Crippen LogP contribution in [0, 0.1) is 17.1 Å². The van der Waals surface area contributed by atoms with Gasteiger partial charge in [0, 0.05) is 5.56 Å². The first-order chi connectivity index (χ1) is 8.19. The Bertz CT molecular complexity index is 547. The Morgan fingerprint density at radius 2 is 2.06 bits per heavy atom. The number of aromatic nitrogens is 2. The Hall–Kier alpha value is -1.87. The van der Waals surface area contributed by atoms with Gasteiger partial charge in [-0.1, -0.05) is 0 Å². The van der Waals surface area contributed by atoms with E-state index in [0.717, 1.165) is 0 Å². The normalized spacial score (nSPS) is 12.1. The van der Waals surface area contributed by atoms with Crippen LogP contribution in [0.5, 0.6) is 0 Å². The van der Waals surface area contributed by atoms with Crippen molar-refractivity contribution >= 4 is 11.8 Å². The van der Waals surface area contributed by atoms with Crippen molar-refractivity contribution in [2.75, 3.05) is 0 Å². The van der Waals surface area contributed by atoms with Crippen molar-refractivity contribution in [1.29, 1.82) is 5.26 Å². The average molecular weight is 249 g/mol. The number of halogens is 1. The molecule has 0 fully saturated rings. The summed E-state index contributed by atoms with van der Waals surface area (Å²) in [7, 11) is 0. The largest absolute Gasteiger partial charge is 0.411 e. The van der Waals surface area contributed by atoms with E-state index in [1.54, 1.807) is 19.1 Å². The number of nitriles is 1. The molecule has 1 atom stereocenters. The molecule has 0 amide bonds. The summed E-state index contributed by atoms with van der Waals surface area (Å²) in [5.74, 6) is -0.00129. The van der Waals surface area contributed by atoms with Gasteiger partial charge < -0.3 is 4.42 Å². The first kappa shape index (κ1) is 11.6. The first-order valence-corrected chi connectivity index (χ1v) is 5.72. The lowest BCUT2D eigenvalue weighted by molar-refractivity contribution is 0.465. The fraction of sp³-hybridized carbons (Fsp3) is 0.182. The second-order valence-electron chi connectivity index (χ2n) is 3.27. The Morgan fingerprint density at radius 1 is 1.35 bits per heavy atom. The molecule has 1 aromatic heterocycles. The van der Waals surface area contributed by atoms with E-state index in [1.165, 1.54) is 23.9 Å².